The van der Waals surface area contributed by atoms with Crippen molar-refractivity contribution < 1.29 is 14.0 Å². The maximum Gasteiger partial charge on any atom is 0.226 e. The van der Waals surface area contributed by atoms with Crippen molar-refractivity contribution >= 4 is 35.6 Å². The van der Waals surface area contributed by atoms with Gasteiger partial charge in [-0.15, -0.1) is 24.0 Å². The Morgan fingerprint density at radius 1 is 1.03 bits per heavy atom. The number of halogens is 1. The van der Waals surface area contributed by atoms with Crippen molar-refractivity contribution in [3.63, 3.8) is 0 Å². The Kier molecular flexibility index (Phi) is 10.9. The number of ether oxygens (including phenoxy) is 2. The second-order valence-electron chi connectivity index (χ2n) is 7.63. The number of guanidine groups is 1. The second-order valence-corrected chi connectivity index (χ2v) is 7.63. The van der Waals surface area contributed by atoms with Crippen LogP contribution in [0.3, 0.4) is 0 Å². The number of anilines is 1. The van der Waals surface area contributed by atoms with E-state index in [2.05, 4.69) is 20.4 Å². The molecule has 9 heteroatoms. The number of hydrogen-bond donors (Lipinski definition) is 2. The minimum atomic E-state index is 0. The molecule has 2 aromatic carbocycles. The van der Waals surface area contributed by atoms with Gasteiger partial charge in [-0.2, -0.15) is 4.98 Å². The van der Waals surface area contributed by atoms with Gasteiger partial charge in [0.15, 0.2) is 5.96 Å². The molecule has 178 valence electrons. The van der Waals surface area contributed by atoms with Crippen molar-refractivity contribution in [3.8, 4) is 22.9 Å². The Morgan fingerprint density at radius 3 is 2.39 bits per heavy atom. The molecule has 0 amide bonds. The first-order valence-electron chi connectivity index (χ1n) is 10.8. The Bertz CT molecular complexity index is 988. The van der Waals surface area contributed by atoms with Gasteiger partial charge < -0.3 is 25.0 Å². The maximum absolute atomic E-state index is 5.97. The monoisotopic (exact) mass is 565 g/mol. The molecular formula is C24H32IN5O3. The highest BCUT2D eigenvalue weighted by Crippen LogP contribution is 2.20. The number of nitrogens with zero attached hydrogens (tertiary/aromatic N) is 3. The van der Waals surface area contributed by atoms with Crippen LogP contribution in [0.1, 0.15) is 39.0 Å². The third-order valence-electron chi connectivity index (χ3n) is 4.65. The normalized spacial score (nSPS) is 11.2. The predicted octanol–water partition coefficient (Wildman–Crippen LogP) is 5.29. The molecule has 0 saturated heterocycles. The number of benzene rings is 2. The second kappa shape index (κ2) is 13.7. The number of nitrogens with two attached hydrogens (primary N) is 1. The van der Waals surface area contributed by atoms with Gasteiger partial charge in [0.2, 0.25) is 11.7 Å². The van der Waals surface area contributed by atoms with Crippen LogP contribution in [-0.2, 0) is 6.42 Å². The van der Waals surface area contributed by atoms with E-state index in [1.807, 2.05) is 62.4 Å². The summed E-state index contributed by atoms with van der Waals surface area (Å²) in [4.78, 5) is 8.85. The summed E-state index contributed by atoms with van der Waals surface area (Å²) in [7, 11) is 1.64. The zero-order chi connectivity index (χ0) is 22.8. The van der Waals surface area contributed by atoms with Gasteiger partial charge >= 0.3 is 0 Å². The van der Waals surface area contributed by atoms with Crippen molar-refractivity contribution in [2.24, 2.45) is 10.7 Å². The lowest BCUT2D eigenvalue weighted by Gasteiger charge is -2.10. The third kappa shape index (κ3) is 8.91. The Hall–Kier alpha value is -2.82. The fraction of sp³-hybridized carbons (Fsp3) is 0.375. The Morgan fingerprint density at radius 2 is 1.73 bits per heavy atom. The fourth-order valence-corrected chi connectivity index (χ4v) is 3.05. The van der Waals surface area contributed by atoms with Crippen molar-refractivity contribution in [3.05, 3.63) is 54.4 Å². The average molecular weight is 565 g/mol. The molecular weight excluding hydrogens is 533 g/mol. The Balaban J connectivity index is 0.00000385. The summed E-state index contributed by atoms with van der Waals surface area (Å²) < 4.78 is 16.2. The summed E-state index contributed by atoms with van der Waals surface area (Å²) in [5.41, 5.74) is 7.76. The molecule has 0 aliphatic carbocycles. The first-order valence-corrected chi connectivity index (χ1v) is 10.8. The molecule has 0 bridgehead atoms. The SMILES string of the molecule is COc1ccc(-c2noc(CCCCCN=C(N)Nc3ccc(OC(C)C)cc3)n2)cc1.I. The summed E-state index contributed by atoms with van der Waals surface area (Å²) in [6.45, 7) is 4.66. The topological polar surface area (TPSA) is 108 Å². The molecule has 0 unspecified atom stereocenters. The molecule has 33 heavy (non-hydrogen) atoms. The smallest absolute Gasteiger partial charge is 0.226 e. The summed E-state index contributed by atoms with van der Waals surface area (Å²) in [6.07, 6.45) is 3.77. The van der Waals surface area contributed by atoms with Crippen LogP contribution in [-0.4, -0.2) is 35.9 Å². The first kappa shape index (κ1) is 26.4. The lowest BCUT2D eigenvalue weighted by molar-refractivity contribution is 0.242. The van der Waals surface area contributed by atoms with Gasteiger partial charge in [-0.25, -0.2) is 0 Å². The molecule has 0 saturated carbocycles. The molecule has 0 radical (unpaired) electrons. The van der Waals surface area contributed by atoms with E-state index < -0.39 is 0 Å². The van der Waals surface area contributed by atoms with Crippen LogP contribution in [0.25, 0.3) is 11.4 Å². The van der Waals surface area contributed by atoms with E-state index in [0.717, 1.165) is 48.4 Å². The Labute approximate surface area is 212 Å². The van der Waals surface area contributed by atoms with E-state index in [9.17, 15) is 0 Å². The van der Waals surface area contributed by atoms with E-state index in [-0.39, 0.29) is 30.1 Å². The largest absolute Gasteiger partial charge is 0.497 e. The first-order chi connectivity index (χ1) is 15.5. The van der Waals surface area contributed by atoms with Crippen LogP contribution in [0.15, 0.2) is 58.0 Å². The molecule has 0 aliphatic rings. The van der Waals surface area contributed by atoms with Gasteiger partial charge in [0.05, 0.1) is 13.2 Å². The van der Waals surface area contributed by atoms with E-state index in [1.165, 1.54) is 0 Å². The summed E-state index contributed by atoms with van der Waals surface area (Å²) in [5, 5.41) is 7.15. The fourth-order valence-electron chi connectivity index (χ4n) is 3.05. The lowest BCUT2D eigenvalue weighted by atomic mass is 10.2. The minimum Gasteiger partial charge on any atom is -0.497 e. The standard InChI is InChI=1S/C24H31N5O3.HI/c1-17(2)31-21-14-10-19(11-15-21)27-24(25)26-16-6-4-5-7-22-28-23(29-32-22)18-8-12-20(30-3)13-9-18;/h8-15,17H,4-7,16H2,1-3H3,(H3,25,26,27);1H. The minimum absolute atomic E-state index is 0. The summed E-state index contributed by atoms with van der Waals surface area (Å²) >= 11 is 0. The zero-order valence-corrected chi connectivity index (χ0v) is 21.6. The number of rotatable bonds is 11. The molecule has 1 heterocycles. The van der Waals surface area contributed by atoms with E-state index in [4.69, 9.17) is 19.7 Å². The van der Waals surface area contributed by atoms with E-state index >= 15 is 0 Å². The lowest BCUT2D eigenvalue weighted by Crippen LogP contribution is -2.22. The maximum atomic E-state index is 5.97. The van der Waals surface area contributed by atoms with Gasteiger partial charge in [-0.05, 0) is 75.2 Å². The van der Waals surface area contributed by atoms with E-state index in [0.29, 0.717) is 24.2 Å². The number of hydrogen-bond acceptors (Lipinski definition) is 6. The van der Waals surface area contributed by atoms with Gasteiger partial charge in [0, 0.05) is 24.2 Å². The van der Waals surface area contributed by atoms with Gasteiger partial charge in [0.1, 0.15) is 11.5 Å². The number of nitrogens with one attached hydrogen (secondary N) is 1. The van der Waals surface area contributed by atoms with Crippen molar-refractivity contribution in [2.75, 3.05) is 19.0 Å². The molecule has 0 fully saturated rings. The molecule has 0 aliphatic heterocycles. The van der Waals surface area contributed by atoms with Gasteiger partial charge in [0.25, 0.3) is 0 Å². The molecule has 8 nitrogen and oxygen atoms in total. The molecule has 3 rings (SSSR count). The number of aromatic nitrogens is 2. The van der Waals surface area contributed by atoms with Crippen molar-refractivity contribution in [2.45, 2.75) is 45.6 Å². The molecule has 3 N–H and O–H groups in total. The van der Waals surface area contributed by atoms with Crippen LogP contribution in [0.5, 0.6) is 11.5 Å². The number of methoxy groups -OCH3 is 1. The highest BCUT2D eigenvalue weighted by Gasteiger charge is 2.08. The zero-order valence-electron chi connectivity index (χ0n) is 19.3. The van der Waals surface area contributed by atoms with Crippen LogP contribution in [0.4, 0.5) is 5.69 Å². The van der Waals surface area contributed by atoms with Crippen molar-refractivity contribution in [1.29, 1.82) is 0 Å². The molecule has 3 aromatic rings. The van der Waals surface area contributed by atoms with Gasteiger partial charge in [-0.3, -0.25) is 4.99 Å². The average Bonchev–Trinajstić information content (AvgIpc) is 3.26. The highest BCUT2D eigenvalue weighted by molar-refractivity contribution is 14.0. The van der Waals surface area contributed by atoms with Crippen LogP contribution in [0.2, 0.25) is 0 Å². The number of aliphatic imine (C=N–C) groups is 1. The van der Waals surface area contributed by atoms with E-state index in [1.54, 1.807) is 7.11 Å². The molecule has 0 atom stereocenters. The number of unbranched alkanes of at least 4 members (excludes halogenated alkanes) is 2. The predicted molar refractivity (Wildman–Crippen MR) is 142 cm³/mol. The highest BCUT2D eigenvalue weighted by atomic mass is 127. The summed E-state index contributed by atoms with van der Waals surface area (Å²) in [6, 6.07) is 15.2. The third-order valence-corrected chi connectivity index (χ3v) is 4.65. The van der Waals surface area contributed by atoms with Crippen LogP contribution < -0.4 is 20.5 Å². The van der Waals surface area contributed by atoms with Gasteiger partial charge in [-0.1, -0.05) is 11.6 Å². The van der Waals surface area contributed by atoms with Crippen molar-refractivity contribution in [1.82, 2.24) is 10.1 Å². The molecule has 0 spiro atoms. The van der Waals surface area contributed by atoms with Crippen LogP contribution in [0, 0.1) is 0 Å². The van der Waals surface area contributed by atoms with Crippen LogP contribution >= 0.6 is 24.0 Å². The number of aryl methyl sites for hydroxylation is 1. The summed E-state index contributed by atoms with van der Waals surface area (Å²) in [5.74, 6) is 3.27. The quantitative estimate of drug-likeness (QED) is 0.141. The molecule has 1 aromatic heterocycles.